The quantitative estimate of drug-likeness (QED) is 0.264. The van der Waals surface area contributed by atoms with E-state index >= 15 is 0 Å². The monoisotopic (exact) mass is 523 g/mol. The van der Waals surface area contributed by atoms with E-state index in [1.54, 1.807) is 11.3 Å². The average molecular weight is 524 g/mol. The van der Waals surface area contributed by atoms with Gasteiger partial charge in [0.15, 0.2) is 5.60 Å². The third-order valence-electron chi connectivity index (χ3n) is 4.90. The van der Waals surface area contributed by atoms with Gasteiger partial charge >= 0.3 is 17.9 Å². The Kier molecular flexibility index (Phi) is 11.1. The van der Waals surface area contributed by atoms with Crippen LogP contribution in [-0.4, -0.2) is 64.9 Å². The van der Waals surface area contributed by atoms with E-state index in [1.807, 2.05) is 30.1 Å². The first-order valence-corrected chi connectivity index (χ1v) is 12.5. The van der Waals surface area contributed by atoms with Gasteiger partial charge in [-0.2, -0.15) is 11.3 Å². The second-order valence-corrected chi connectivity index (χ2v) is 10.1. The van der Waals surface area contributed by atoms with E-state index in [2.05, 4.69) is 50.3 Å². The summed E-state index contributed by atoms with van der Waals surface area (Å²) in [6, 6.07) is 6.71. The largest absolute Gasteiger partial charge is 0.481 e. The van der Waals surface area contributed by atoms with Crippen LogP contribution in [0, 0.1) is 6.92 Å². The number of aromatic nitrogens is 2. The van der Waals surface area contributed by atoms with Gasteiger partial charge in [-0.05, 0) is 47.9 Å². The molecule has 0 radical (unpaired) electrons. The fourth-order valence-corrected chi connectivity index (χ4v) is 4.85. The number of nitrogens with zero attached hydrogens (tertiary/aromatic N) is 3. The number of aryl methyl sites for hydroxylation is 2. The van der Waals surface area contributed by atoms with Gasteiger partial charge in [0.1, 0.15) is 0 Å². The number of carboxylic acids is 3. The Hall–Kier alpha value is -3.06. The fraction of sp³-hybridized carbons (Fsp3) is 0.391. The first-order chi connectivity index (χ1) is 16.6. The number of aliphatic hydroxyl groups is 1. The molecule has 3 aromatic rings. The van der Waals surface area contributed by atoms with Crippen molar-refractivity contribution in [3.05, 3.63) is 63.0 Å². The minimum Gasteiger partial charge on any atom is -0.481 e. The van der Waals surface area contributed by atoms with E-state index in [0.29, 0.717) is 0 Å². The first kappa shape index (κ1) is 28.2. The topological polar surface area (TPSA) is 153 Å². The molecule has 190 valence electrons. The Morgan fingerprint density at radius 3 is 2.29 bits per heavy atom. The Bertz CT molecular complexity index is 1050. The van der Waals surface area contributed by atoms with Gasteiger partial charge in [0.2, 0.25) is 0 Å². The molecular weight excluding hydrogens is 494 g/mol. The molecule has 0 aliphatic carbocycles. The summed E-state index contributed by atoms with van der Waals surface area (Å²) in [6.07, 6.45) is 4.63. The van der Waals surface area contributed by atoms with Crippen molar-refractivity contribution in [2.45, 2.75) is 51.4 Å². The van der Waals surface area contributed by atoms with Crippen LogP contribution in [0.25, 0.3) is 0 Å². The van der Waals surface area contributed by atoms with Crippen LogP contribution in [0.4, 0.5) is 0 Å². The SMILES string of the molecule is Cc1ccc(CN(CCCn2ccnc2)Cc2ccsc2)s1.O=C(O)CC(O)(CC(=O)O)C(=O)O. The van der Waals surface area contributed by atoms with E-state index < -0.39 is 36.4 Å². The number of aliphatic carboxylic acids is 3. The molecule has 3 heterocycles. The highest BCUT2D eigenvalue weighted by Gasteiger charge is 2.40. The summed E-state index contributed by atoms with van der Waals surface area (Å²) >= 11 is 3.68. The lowest BCUT2D eigenvalue weighted by molar-refractivity contribution is -0.170. The van der Waals surface area contributed by atoms with Crippen LogP contribution in [-0.2, 0) is 34.0 Å². The third kappa shape index (κ3) is 10.4. The van der Waals surface area contributed by atoms with E-state index in [9.17, 15) is 14.4 Å². The van der Waals surface area contributed by atoms with Crippen molar-refractivity contribution < 1.29 is 34.8 Å². The van der Waals surface area contributed by atoms with Gasteiger partial charge in [-0.1, -0.05) is 0 Å². The second kappa shape index (κ2) is 13.7. The Morgan fingerprint density at radius 1 is 1.09 bits per heavy atom. The smallest absolute Gasteiger partial charge is 0.336 e. The number of rotatable bonds is 13. The van der Waals surface area contributed by atoms with Gasteiger partial charge in [-0.15, -0.1) is 11.3 Å². The standard InChI is InChI=1S/C17H21N3S2.C6H8O7/c1-15-3-4-17(22-15)12-20(11-16-5-10-21-13-16)8-2-7-19-9-6-18-14-19;7-3(8)1-6(13,5(11)12)2-4(9)10/h3-6,9-10,13-14H,2,7-8,11-12H2,1H3;13H,1-2H2,(H,7,8)(H,9,10)(H,11,12). The summed E-state index contributed by atoms with van der Waals surface area (Å²) in [5, 5.41) is 38.2. The molecule has 0 fully saturated rings. The van der Waals surface area contributed by atoms with Crippen LogP contribution in [0.1, 0.15) is 34.6 Å². The molecule has 0 aliphatic rings. The van der Waals surface area contributed by atoms with Crippen molar-refractivity contribution in [1.82, 2.24) is 14.5 Å². The lowest BCUT2D eigenvalue weighted by Gasteiger charge is -2.21. The van der Waals surface area contributed by atoms with Gasteiger partial charge in [-0.25, -0.2) is 9.78 Å². The number of carbonyl (C=O) groups is 3. The lowest BCUT2D eigenvalue weighted by Crippen LogP contribution is -2.42. The average Bonchev–Trinajstić information content (AvgIpc) is 3.51. The zero-order valence-corrected chi connectivity index (χ0v) is 20.9. The molecule has 0 bridgehead atoms. The molecule has 3 aromatic heterocycles. The van der Waals surface area contributed by atoms with Gasteiger partial charge in [0.05, 0.1) is 19.2 Å². The molecule has 0 saturated heterocycles. The van der Waals surface area contributed by atoms with Gasteiger partial charge in [0.25, 0.3) is 0 Å². The van der Waals surface area contributed by atoms with E-state index in [1.165, 1.54) is 15.3 Å². The number of thiophene rings is 2. The van der Waals surface area contributed by atoms with Crippen LogP contribution in [0.5, 0.6) is 0 Å². The summed E-state index contributed by atoms with van der Waals surface area (Å²) in [4.78, 5) is 40.0. The van der Waals surface area contributed by atoms with Crippen molar-refractivity contribution in [3.8, 4) is 0 Å². The molecule has 12 heteroatoms. The maximum absolute atomic E-state index is 10.3. The van der Waals surface area contributed by atoms with Crippen molar-refractivity contribution in [1.29, 1.82) is 0 Å². The van der Waals surface area contributed by atoms with E-state index in [0.717, 1.165) is 32.6 Å². The first-order valence-electron chi connectivity index (χ1n) is 10.7. The van der Waals surface area contributed by atoms with Crippen LogP contribution >= 0.6 is 22.7 Å². The van der Waals surface area contributed by atoms with Gasteiger partial charge < -0.3 is 25.0 Å². The lowest BCUT2D eigenvalue weighted by atomic mass is 9.96. The van der Waals surface area contributed by atoms with Crippen molar-refractivity contribution in [3.63, 3.8) is 0 Å². The maximum Gasteiger partial charge on any atom is 0.336 e. The minimum atomic E-state index is -2.74. The molecule has 4 N–H and O–H groups in total. The van der Waals surface area contributed by atoms with Gasteiger partial charge in [0, 0.05) is 48.3 Å². The zero-order valence-electron chi connectivity index (χ0n) is 19.2. The molecule has 0 aliphatic heterocycles. The Morgan fingerprint density at radius 2 is 1.80 bits per heavy atom. The maximum atomic E-state index is 10.3. The molecule has 0 saturated carbocycles. The highest BCUT2D eigenvalue weighted by molar-refractivity contribution is 7.11. The third-order valence-corrected chi connectivity index (χ3v) is 6.61. The summed E-state index contributed by atoms with van der Waals surface area (Å²) < 4.78 is 2.15. The molecule has 0 unspecified atom stereocenters. The number of imidazole rings is 1. The van der Waals surface area contributed by atoms with Crippen LogP contribution in [0.2, 0.25) is 0 Å². The normalized spacial score (nSPS) is 11.2. The molecule has 35 heavy (non-hydrogen) atoms. The predicted octanol–water partition coefficient (Wildman–Crippen LogP) is 3.16. The van der Waals surface area contributed by atoms with Crippen molar-refractivity contribution in [2.24, 2.45) is 0 Å². The number of hydrogen-bond acceptors (Lipinski definition) is 8. The molecule has 0 spiro atoms. The predicted molar refractivity (Wildman–Crippen MR) is 131 cm³/mol. The molecule has 3 rings (SSSR count). The Labute approximate surface area is 210 Å². The van der Waals surface area contributed by atoms with E-state index in [-0.39, 0.29) is 0 Å². The molecule has 10 nitrogen and oxygen atoms in total. The second-order valence-electron chi connectivity index (χ2n) is 7.99. The summed E-state index contributed by atoms with van der Waals surface area (Å²) in [6.45, 7) is 6.38. The summed E-state index contributed by atoms with van der Waals surface area (Å²) in [5.41, 5.74) is -1.32. The van der Waals surface area contributed by atoms with Gasteiger partial charge in [-0.3, -0.25) is 14.5 Å². The molecule has 0 atom stereocenters. The van der Waals surface area contributed by atoms with E-state index in [4.69, 9.17) is 20.4 Å². The molecule has 0 aromatic carbocycles. The fourth-order valence-electron chi connectivity index (χ4n) is 3.26. The summed E-state index contributed by atoms with van der Waals surface area (Å²) in [7, 11) is 0. The zero-order chi connectivity index (χ0) is 25.8. The molecular formula is C23H29N3O7S2. The van der Waals surface area contributed by atoms with Crippen molar-refractivity contribution in [2.75, 3.05) is 6.54 Å². The van der Waals surface area contributed by atoms with Crippen molar-refractivity contribution >= 4 is 40.6 Å². The highest BCUT2D eigenvalue weighted by Crippen LogP contribution is 2.19. The van der Waals surface area contributed by atoms with Crippen LogP contribution in [0.3, 0.4) is 0 Å². The van der Waals surface area contributed by atoms with Crippen LogP contribution in [0.15, 0.2) is 47.7 Å². The number of hydrogen-bond donors (Lipinski definition) is 4. The highest BCUT2D eigenvalue weighted by atomic mass is 32.1. The molecule has 0 amide bonds. The Balaban J connectivity index is 0.000000287. The number of carboxylic acid groups (broad SMARTS) is 3. The summed E-state index contributed by atoms with van der Waals surface area (Å²) in [5.74, 6) is -5.02. The minimum absolute atomic E-state index is 1.03. The van der Waals surface area contributed by atoms with Crippen LogP contribution < -0.4 is 0 Å².